The van der Waals surface area contributed by atoms with E-state index in [4.69, 9.17) is 4.74 Å². The molecule has 0 saturated heterocycles. The fourth-order valence-corrected chi connectivity index (χ4v) is 4.63. The maximum atomic E-state index is 13.4. The number of carboxylic acids is 1. The van der Waals surface area contributed by atoms with Crippen molar-refractivity contribution >= 4 is 23.5 Å². The summed E-state index contributed by atoms with van der Waals surface area (Å²) in [5.41, 5.74) is 0.795. The predicted octanol–water partition coefficient (Wildman–Crippen LogP) is 3.66. The Labute approximate surface area is 188 Å². The second-order valence-corrected chi connectivity index (χ2v) is 8.69. The molecule has 1 atom stereocenters. The lowest BCUT2D eigenvalue weighted by molar-refractivity contribution is -0.153. The summed E-state index contributed by atoms with van der Waals surface area (Å²) in [5.74, 6) is -2.37. The van der Waals surface area contributed by atoms with Gasteiger partial charge in [0.25, 0.3) is 0 Å². The average molecular weight is 442 g/mol. The quantitative estimate of drug-likeness (QED) is 0.314. The van der Waals surface area contributed by atoms with Gasteiger partial charge in [0, 0.05) is 29.8 Å². The molecule has 1 aliphatic carbocycles. The Morgan fingerprint density at radius 3 is 2.59 bits per heavy atom. The molecular formula is C25H31NO6. The zero-order valence-electron chi connectivity index (χ0n) is 19.0. The summed E-state index contributed by atoms with van der Waals surface area (Å²) >= 11 is 0. The van der Waals surface area contributed by atoms with Crippen LogP contribution in [0.5, 0.6) is 0 Å². The molecule has 0 aromatic heterocycles. The van der Waals surface area contributed by atoms with E-state index in [-0.39, 0.29) is 43.1 Å². The fourth-order valence-electron chi connectivity index (χ4n) is 4.63. The van der Waals surface area contributed by atoms with Crippen molar-refractivity contribution in [3.8, 4) is 0 Å². The van der Waals surface area contributed by atoms with Gasteiger partial charge < -0.3 is 14.7 Å². The summed E-state index contributed by atoms with van der Waals surface area (Å²) in [5, 5.41) is 9.26. The standard InChI is InChI=1S/C25H31NO6/c1-4-6-7-8-9-11-20(27)22-19-13-16-12-17(10-5-2)26(15-21(28)29)14-18(16)23(30)25(19,3)32-24(22)31/h5,10,12H,4,6-9,11,13-15H2,1-3H3,(H,28,29)/b10-5+/t25-/m1/s1. The number of unbranched alkanes of at least 4 members (excludes halogenated alkanes) is 4. The topological polar surface area (TPSA) is 101 Å². The maximum absolute atomic E-state index is 13.4. The average Bonchev–Trinajstić information content (AvgIpc) is 2.99. The third-order valence-electron chi connectivity index (χ3n) is 6.33. The summed E-state index contributed by atoms with van der Waals surface area (Å²) in [6.07, 6.45) is 10.8. The highest BCUT2D eigenvalue weighted by Crippen LogP contribution is 2.46. The number of hydrogen-bond acceptors (Lipinski definition) is 6. The number of carbonyl (C=O) groups is 4. The van der Waals surface area contributed by atoms with Crippen LogP contribution in [0.1, 0.15) is 65.7 Å². The van der Waals surface area contributed by atoms with Crippen LogP contribution in [0.3, 0.4) is 0 Å². The van der Waals surface area contributed by atoms with Crippen LogP contribution in [0.25, 0.3) is 0 Å². The van der Waals surface area contributed by atoms with Crippen molar-refractivity contribution in [2.24, 2.45) is 0 Å². The van der Waals surface area contributed by atoms with E-state index in [0.717, 1.165) is 25.7 Å². The number of fused-ring (bicyclic) bond motifs is 1. The zero-order chi connectivity index (χ0) is 23.5. The smallest absolute Gasteiger partial charge is 0.343 e. The molecule has 32 heavy (non-hydrogen) atoms. The molecule has 0 aromatic carbocycles. The molecule has 0 radical (unpaired) electrons. The van der Waals surface area contributed by atoms with Gasteiger partial charge in [0.1, 0.15) is 12.1 Å². The third-order valence-corrected chi connectivity index (χ3v) is 6.33. The summed E-state index contributed by atoms with van der Waals surface area (Å²) in [6, 6.07) is 0. The van der Waals surface area contributed by atoms with Crippen molar-refractivity contribution in [3.05, 3.63) is 46.2 Å². The second-order valence-electron chi connectivity index (χ2n) is 8.69. The lowest BCUT2D eigenvalue weighted by atomic mass is 9.74. The predicted molar refractivity (Wildman–Crippen MR) is 119 cm³/mol. The van der Waals surface area contributed by atoms with Crippen LogP contribution in [0.4, 0.5) is 0 Å². The van der Waals surface area contributed by atoms with Crippen LogP contribution in [0.2, 0.25) is 0 Å². The number of ether oxygens (including phenoxy) is 1. The summed E-state index contributed by atoms with van der Waals surface area (Å²) in [6.45, 7) is 5.37. The normalized spacial score (nSPS) is 22.8. The minimum absolute atomic E-state index is 0.0249. The molecule has 7 nitrogen and oxygen atoms in total. The van der Waals surface area contributed by atoms with E-state index in [2.05, 4.69) is 6.92 Å². The van der Waals surface area contributed by atoms with Crippen molar-refractivity contribution in [2.45, 2.75) is 71.3 Å². The molecule has 0 saturated carbocycles. The largest absolute Gasteiger partial charge is 0.480 e. The third kappa shape index (κ3) is 4.47. The van der Waals surface area contributed by atoms with Gasteiger partial charge in [-0.1, -0.05) is 38.7 Å². The van der Waals surface area contributed by atoms with E-state index in [9.17, 15) is 24.3 Å². The molecule has 0 fully saturated rings. The molecule has 0 aromatic rings. The van der Waals surface area contributed by atoms with E-state index in [1.165, 1.54) is 0 Å². The summed E-state index contributed by atoms with van der Waals surface area (Å²) < 4.78 is 5.50. The van der Waals surface area contributed by atoms with Crippen LogP contribution in [0, 0.1) is 0 Å². The molecule has 0 spiro atoms. The number of allylic oxidation sites excluding steroid dienone is 4. The molecule has 0 amide bonds. The lowest BCUT2D eigenvalue weighted by Gasteiger charge is -2.37. The van der Waals surface area contributed by atoms with E-state index in [1.807, 2.05) is 6.92 Å². The molecule has 0 unspecified atom stereocenters. The Morgan fingerprint density at radius 2 is 1.94 bits per heavy atom. The summed E-state index contributed by atoms with van der Waals surface area (Å²) in [7, 11) is 0. The first-order chi connectivity index (χ1) is 15.2. The van der Waals surface area contributed by atoms with Crippen molar-refractivity contribution in [2.75, 3.05) is 13.1 Å². The van der Waals surface area contributed by atoms with E-state index in [0.29, 0.717) is 28.8 Å². The Bertz CT molecular complexity index is 967. The van der Waals surface area contributed by atoms with Gasteiger partial charge in [-0.15, -0.1) is 0 Å². The number of hydrogen-bond donors (Lipinski definition) is 1. The van der Waals surface area contributed by atoms with Crippen LogP contribution in [0.15, 0.2) is 46.2 Å². The molecule has 3 rings (SSSR count). The van der Waals surface area contributed by atoms with Gasteiger partial charge in [-0.25, -0.2) is 4.79 Å². The number of nitrogens with zero attached hydrogens (tertiary/aromatic N) is 1. The number of esters is 1. The first-order valence-electron chi connectivity index (χ1n) is 11.3. The van der Waals surface area contributed by atoms with E-state index in [1.54, 1.807) is 30.1 Å². The number of carbonyl (C=O) groups excluding carboxylic acids is 3. The Kier molecular flexibility index (Phi) is 7.16. The number of carboxylic acid groups (broad SMARTS) is 1. The van der Waals surface area contributed by atoms with E-state index < -0.39 is 17.5 Å². The fraction of sp³-hybridized carbons (Fsp3) is 0.520. The lowest BCUT2D eigenvalue weighted by Crippen LogP contribution is -2.46. The van der Waals surface area contributed by atoms with Gasteiger partial charge in [-0.3, -0.25) is 14.4 Å². The molecule has 7 heteroatoms. The van der Waals surface area contributed by atoms with Crippen LogP contribution < -0.4 is 0 Å². The maximum Gasteiger partial charge on any atom is 0.343 e. The zero-order valence-corrected chi connectivity index (χ0v) is 19.0. The van der Waals surface area contributed by atoms with Crippen LogP contribution in [-0.4, -0.2) is 52.2 Å². The van der Waals surface area contributed by atoms with Gasteiger partial charge in [0.2, 0.25) is 5.78 Å². The summed E-state index contributed by atoms with van der Waals surface area (Å²) in [4.78, 5) is 51.9. The Hall–Kier alpha value is -2.96. The van der Waals surface area contributed by atoms with Crippen LogP contribution >= 0.6 is 0 Å². The van der Waals surface area contributed by atoms with Gasteiger partial charge in [0.15, 0.2) is 11.4 Å². The molecule has 0 bridgehead atoms. The molecule has 172 valence electrons. The molecule has 1 N–H and O–H groups in total. The first kappa shape index (κ1) is 23.7. The van der Waals surface area contributed by atoms with Crippen LogP contribution in [-0.2, 0) is 23.9 Å². The van der Waals surface area contributed by atoms with Gasteiger partial charge in [0.05, 0.1) is 0 Å². The van der Waals surface area contributed by atoms with Gasteiger partial charge >= 0.3 is 11.9 Å². The number of Topliss-reactive ketones (excluding diaryl/α,β-unsaturated/α-hetero) is 2. The highest BCUT2D eigenvalue weighted by Gasteiger charge is 2.54. The first-order valence-corrected chi connectivity index (χ1v) is 11.3. The van der Waals surface area contributed by atoms with Crippen molar-refractivity contribution < 1.29 is 29.0 Å². The van der Waals surface area contributed by atoms with Crippen molar-refractivity contribution in [1.82, 2.24) is 4.90 Å². The highest BCUT2D eigenvalue weighted by molar-refractivity contribution is 6.23. The Morgan fingerprint density at radius 1 is 1.22 bits per heavy atom. The molecule has 3 aliphatic rings. The molecule has 2 heterocycles. The number of ketones is 2. The second kappa shape index (κ2) is 9.67. The van der Waals surface area contributed by atoms with Crippen molar-refractivity contribution in [1.29, 1.82) is 0 Å². The SMILES string of the molecule is C/C=C/C1=CC2=C(CN1CC(=O)O)C(=O)[C@]1(C)OC(=O)C(C(=O)CCCCCCC)=C1C2. The van der Waals surface area contributed by atoms with Gasteiger partial charge in [-0.05, 0) is 44.4 Å². The minimum atomic E-state index is -1.50. The van der Waals surface area contributed by atoms with Gasteiger partial charge in [-0.2, -0.15) is 0 Å². The monoisotopic (exact) mass is 441 g/mol. The molecular weight excluding hydrogens is 410 g/mol. The van der Waals surface area contributed by atoms with Crippen molar-refractivity contribution in [3.63, 3.8) is 0 Å². The highest BCUT2D eigenvalue weighted by atomic mass is 16.6. The molecule has 2 aliphatic heterocycles. The number of aliphatic carboxylic acids is 1. The minimum Gasteiger partial charge on any atom is -0.480 e. The number of rotatable bonds is 10. The Balaban J connectivity index is 1.91. The van der Waals surface area contributed by atoms with E-state index >= 15 is 0 Å².